The summed E-state index contributed by atoms with van der Waals surface area (Å²) in [5.41, 5.74) is 0.387. The molecule has 0 aliphatic rings. The second-order valence-electron chi connectivity index (χ2n) is 6.95. The Labute approximate surface area is 192 Å². The number of carbonyl (C=O) groups is 3. The predicted molar refractivity (Wildman–Crippen MR) is 122 cm³/mol. The molecule has 0 spiro atoms. The normalized spacial score (nSPS) is 12.0. The Balaban J connectivity index is 2.10. The molecular formula is C21H28N4O7S. The van der Waals surface area contributed by atoms with E-state index in [4.69, 9.17) is 9.47 Å². The zero-order chi connectivity index (χ0) is 24.6. The fourth-order valence-corrected chi connectivity index (χ4v) is 4.56. The molecule has 0 radical (unpaired) electrons. The van der Waals surface area contributed by atoms with E-state index in [1.54, 1.807) is 31.2 Å². The van der Waals surface area contributed by atoms with Gasteiger partial charge >= 0.3 is 5.97 Å². The number of anilines is 2. The summed E-state index contributed by atoms with van der Waals surface area (Å²) >= 11 is 0. The lowest BCUT2D eigenvalue weighted by molar-refractivity contribution is -0.115. The van der Waals surface area contributed by atoms with E-state index in [-0.39, 0.29) is 24.4 Å². The van der Waals surface area contributed by atoms with Crippen molar-refractivity contribution in [2.45, 2.75) is 32.4 Å². The van der Waals surface area contributed by atoms with E-state index in [0.29, 0.717) is 18.0 Å². The van der Waals surface area contributed by atoms with Crippen LogP contribution in [-0.2, 0) is 31.2 Å². The Kier molecular flexibility index (Phi) is 8.97. The van der Waals surface area contributed by atoms with Gasteiger partial charge in [-0.3, -0.25) is 14.3 Å². The highest BCUT2D eigenvalue weighted by atomic mass is 32.2. The van der Waals surface area contributed by atoms with Crippen LogP contribution in [0.15, 0.2) is 30.5 Å². The third-order valence-electron chi connectivity index (χ3n) is 4.55. The van der Waals surface area contributed by atoms with Crippen molar-refractivity contribution in [2.75, 3.05) is 29.6 Å². The van der Waals surface area contributed by atoms with Gasteiger partial charge in [-0.1, -0.05) is 6.92 Å². The summed E-state index contributed by atoms with van der Waals surface area (Å²) in [7, 11) is -2.68. The van der Waals surface area contributed by atoms with Crippen LogP contribution >= 0.6 is 0 Å². The molecule has 0 aliphatic heterocycles. The van der Waals surface area contributed by atoms with Gasteiger partial charge in [0.2, 0.25) is 11.8 Å². The van der Waals surface area contributed by atoms with E-state index in [1.165, 1.54) is 24.9 Å². The lowest BCUT2D eigenvalue weighted by Gasteiger charge is -2.16. The monoisotopic (exact) mass is 480 g/mol. The fourth-order valence-electron chi connectivity index (χ4n) is 3.03. The summed E-state index contributed by atoms with van der Waals surface area (Å²) in [5, 5.41) is 7.34. The lowest BCUT2D eigenvalue weighted by atomic mass is 10.3. The minimum absolute atomic E-state index is 0.00550. The molecule has 1 atom stereocenters. The van der Waals surface area contributed by atoms with Crippen LogP contribution in [0.4, 0.5) is 11.5 Å². The van der Waals surface area contributed by atoms with Gasteiger partial charge in [-0.05, 0) is 44.5 Å². The van der Waals surface area contributed by atoms with Gasteiger partial charge in [0.1, 0.15) is 28.1 Å². The number of hydrogen-bond donors (Lipinski definition) is 2. The Morgan fingerprint density at radius 3 is 2.30 bits per heavy atom. The molecule has 0 aliphatic carbocycles. The van der Waals surface area contributed by atoms with E-state index in [0.717, 1.165) is 0 Å². The maximum atomic E-state index is 12.8. The van der Waals surface area contributed by atoms with Gasteiger partial charge in [-0.15, -0.1) is 0 Å². The predicted octanol–water partition coefficient (Wildman–Crippen LogP) is 1.77. The molecule has 180 valence electrons. The summed E-state index contributed by atoms with van der Waals surface area (Å²) < 4.78 is 37.1. The molecule has 2 amide bonds. The van der Waals surface area contributed by atoms with Gasteiger partial charge in [0.05, 0.1) is 19.4 Å². The summed E-state index contributed by atoms with van der Waals surface area (Å²) in [6.45, 7) is 5.60. The van der Waals surface area contributed by atoms with Crippen molar-refractivity contribution in [1.29, 1.82) is 0 Å². The van der Waals surface area contributed by atoms with Gasteiger partial charge < -0.3 is 20.1 Å². The SMILES string of the molecule is CCOC(=O)c1cnn(C)c1NC(=O)C(CC)S(=O)(=O)CC(=O)Nc1ccc(OCC)cc1. The minimum Gasteiger partial charge on any atom is -0.494 e. The van der Waals surface area contributed by atoms with Gasteiger partial charge in [-0.2, -0.15) is 5.10 Å². The zero-order valence-corrected chi connectivity index (χ0v) is 19.8. The van der Waals surface area contributed by atoms with Crippen molar-refractivity contribution in [3.05, 3.63) is 36.0 Å². The van der Waals surface area contributed by atoms with Gasteiger partial charge in [0.15, 0.2) is 9.84 Å². The van der Waals surface area contributed by atoms with Gasteiger partial charge in [-0.25, -0.2) is 13.2 Å². The Morgan fingerprint density at radius 2 is 1.73 bits per heavy atom. The number of hydrogen-bond acceptors (Lipinski definition) is 8. The van der Waals surface area contributed by atoms with Crippen LogP contribution < -0.4 is 15.4 Å². The molecule has 12 heteroatoms. The van der Waals surface area contributed by atoms with Crippen LogP contribution in [0.2, 0.25) is 0 Å². The van der Waals surface area contributed by atoms with E-state index >= 15 is 0 Å². The number of aryl methyl sites for hydroxylation is 1. The van der Waals surface area contributed by atoms with E-state index in [9.17, 15) is 22.8 Å². The average Bonchev–Trinajstić information content (AvgIpc) is 3.10. The van der Waals surface area contributed by atoms with E-state index < -0.39 is 38.6 Å². The highest BCUT2D eigenvalue weighted by Crippen LogP contribution is 2.19. The first kappa shape index (κ1) is 25.8. The molecule has 2 aromatic rings. The van der Waals surface area contributed by atoms with Crippen molar-refractivity contribution >= 4 is 39.1 Å². The standard InChI is InChI=1S/C21H28N4O7S/c1-5-17(20(27)24-19-16(12-22-25(19)4)21(28)32-7-3)33(29,30)13-18(26)23-14-8-10-15(11-9-14)31-6-2/h8-12,17H,5-7,13H2,1-4H3,(H,23,26)(H,24,27). The number of carbonyl (C=O) groups excluding carboxylic acids is 3. The molecule has 1 heterocycles. The molecule has 0 saturated carbocycles. The Bertz CT molecular complexity index is 1090. The number of aromatic nitrogens is 2. The molecular weight excluding hydrogens is 452 g/mol. The van der Waals surface area contributed by atoms with Crippen molar-refractivity contribution in [2.24, 2.45) is 7.05 Å². The largest absolute Gasteiger partial charge is 0.494 e. The highest BCUT2D eigenvalue weighted by molar-refractivity contribution is 7.93. The molecule has 0 fully saturated rings. The third kappa shape index (κ3) is 6.78. The number of ether oxygens (including phenoxy) is 2. The quantitative estimate of drug-likeness (QED) is 0.463. The van der Waals surface area contributed by atoms with E-state index in [1.807, 2.05) is 6.92 Å². The molecule has 2 rings (SSSR count). The number of nitrogens with one attached hydrogen (secondary N) is 2. The molecule has 0 bridgehead atoms. The number of esters is 1. The summed E-state index contributed by atoms with van der Waals surface area (Å²) in [6, 6.07) is 6.45. The Hall–Kier alpha value is -3.41. The van der Waals surface area contributed by atoms with Crippen LogP contribution in [0.25, 0.3) is 0 Å². The molecule has 11 nitrogen and oxygen atoms in total. The summed E-state index contributed by atoms with van der Waals surface area (Å²) in [4.78, 5) is 37.2. The first-order chi connectivity index (χ1) is 15.6. The van der Waals surface area contributed by atoms with Crippen LogP contribution in [0.3, 0.4) is 0 Å². The van der Waals surface area contributed by atoms with Crippen LogP contribution in [0.1, 0.15) is 37.6 Å². The maximum Gasteiger partial charge on any atom is 0.343 e. The average molecular weight is 481 g/mol. The van der Waals surface area contributed by atoms with Crippen molar-refractivity contribution in [3.8, 4) is 5.75 Å². The number of nitrogens with zero attached hydrogens (tertiary/aromatic N) is 2. The van der Waals surface area contributed by atoms with Crippen LogP contribution in [-0.4, -0.2) is 60.2 Å². The highest BCUT2D eigenvalue weighted by Gasteiger charge is 2.34. The smallest absolute Gasteiger partial charge is 0.343 e. The fraction of sp³-hybridized carbons (Fsp3) is 0.429. The first-order valence-corrected chi connectivity index (χ1v) is 12.1. The molecule has 33 heavy (non-hydrogen) atoms. The van der Waals surface area contributed by atoms with Gasteiger partial charge in [0, 0.05) is 12.7 Å². The third-order valence-corrected chi connectivity index (χ3v) is 6.63. The van der Waals surface area contributed by atoms with Crippen molar-refractivity contribution in [3.63, 3.8) is 0 Å². The molecule has 1 unspecified atom stereocenters. The molecule has 1 aromatic carbocycles. The van der Waals surface area contributed by atoms with Gasteiger partial charge in [0.25, 0.3) is 0 Å². The van der Waals surface area contributed by atoms with Crippen LogP contribution in [0.5, 0.6) is 5.75 Å². The van der Waals surface area contributed by atoms with Crippen LogP contribution in [0, 0.1) is 0 Å². The molecule has 0 saturated heterocycles. The second-order valence-corrected chi connectivity index (χ2v) is 9.13. The lowest BCUT2D eigenvalue weighted by Crippen LogP contribution is -2.39. The maximum absolute atomic E-state index is 12.8. The number of amides is 2. The summed E-state index contributed by atoms with van der Waals surface area (Å²) in [6.07, 6.45) is 1.14. The second kappa shape index (κ2) is 11.5. The van der Waals surface area contributed by atoms with E-state index in [2.05, 4.69) is 15.7 Å². The topological polar surface area (TPSA) is 146 Å². The number of rotatable bonds is 11. The van der Waals surface area contributed by atoms with Crippen molar-refractivity contribution < 1.29 is 32.3 Å². The Morgan fingerprint density at radius 1 is 1.06 bits per heavy atom. The number of benzene rings is 1. The molecule has 2 N–H and O–H groups in total. The first-order valence-electron chi connectivity index (χ1n) is 10.4. The minimum atomic E-state index is -4.16. The van der Waals surface area contributed by atoms with Crippen molar-refractivity contribution in [1.82, 2.24) is 9.78 Å². The number of sulfone groups is 1. The summed E-state index contributed by atoms with van der Waals surface area (Å²) in [5.74, 6) is -2.62. The zero-order valence-electron chi connectivity index (χ0n) is 19.0. The molecule has 1 aromatic heterocycles.